The molecule has 3 nitrogen and oxygen atoms in total. The van der Waals surface area contributed by atoms with Gasteiger partial charge in [0.25, 0.3) is 0 Å². The molecule has 0 saturated carbocycles. The van der Waals surface area contributed by atoms with Crippen molar-refractivity contribution in [3.05, 3.63) is 23.0 Å². The van der Waals surface area contributed by atoms with E-state index >= 15 is 0 Å². The van der Waals surface area contributed by atoms with Crippen LogP contribution in [0, 0.1) is 13.8 Å². The van der Waals surface area contributed by atoms with Gasteiger partial charge in [-0.15, -0.1) is 0 Å². The lowest BCUT2D eigenvalue weighted by atomic mass is 10.2. The minimum atomic E-state index is 0.866. The summed E-state index contributed by atoms with van der Waals surface area (Å²) in [7, 11) is 3.87. The maximum absolute atomic E-state index is 5.01. The predicted molar refractivity (Wildman–Crippen MR) is 67.7 cm³/mol. The highest BCUT2D eigenvalue weighted by molar-refractivity contribution is 5.26. The summed E-state index contributed by atoms with van der Waals surface area (Å²) in [5, 5.41) is 3.47. The van der Waals surface area contributed by atoms with E-state index in [9.17, 15) is 0 Å². The van der Waals surface area contributed by atoms with E-state index in [0.29, 0.717) is 0 Å². The molecule has 0 aliphatic carbocycles. The average Bonchev–Trinajstić information content (AvgIpc) is 2.51. The van der Waals surface area contributed by atoms with E-state index < -0.39 is 0 Å². The molecule has 1 heterocycles. The summed E-state index contributed by atoms with van der Waals surface area (Å²) in [6, 6.07) is 2.26. The maximum Gasteiger partial charge on any atom is 0.0462 e. The van der Waals surface area contributed by atoms with Crippen molar-refractivity contribution in [3.63, 3.8) is 0 Å². The average molecular weight is 224 g/mol. The summed E-state index contributed by atoms with van der Waals surface area (Å²) in [6.45, 7) is 7.23. The fourth-order valence-electron chi connectivity index (χ4n) is 1.83. The summed E-state index contributed by atoms with van der Waals surface area (Å²) < 4.78 is 7.25. The van der Waals surface area contributed by atoms with Gasteiger partial charge < -0.3 is 14.6 Å². The number of nitrogens with zero attached hydrogens (tertiary/aromatic N) is 1. The van der Waals surface area contributed by atoms with E-state index in [1.807, 2.05) is 0 Å². The van der Waals surface area contributed by atoms with E-state index in [1.54, 1.807) is 7.11 Å². The van der Waals surface area contributed by atoms with Crippen molar-refractivity contribution >= 4 is 0 Å². The number of unbranched alkanes of at least 4 members (excludes halogenated alkanes) is 1. The van der Waals surface area contributed by atoms with Gasteiger partial charge in [-0.3, -0.25) is 0 Å². The minimum Gasteiger partial charge on any atom is -0.385 e. The van der Waals surface area contributed by atoms with Crippen molar-refractivity contribution in [2.24, 2.45) is 7.05 Å². The van der Waals surface area contributed by atoms with Crippen LogP contribution in [-0.4, -0.2) is 24.8 Å². The van der Waals surface area contributed by atoms with Crippen molar-refractivity contribution in [3.8, 4) is 0 Å². The Bertz CT molecular complexity index is 318. The van der Waals surface area contributed by atoms with Crippen molar-refractivity contribution in [1.82, 2.24) is 9.88 Å². The molecule has 16 heavy (non-hydrogen) atoms. The summed E-state index contributed by atoms with van der Waals surface area (Å²) in [5.74, 6) is 0. The molecule has 1 aromatic rings. The van der Waals surface area contributed by atoms with Crippen molar-refractivity contribution in [2.75, 3.05) is 20.3 Å². The Kier molecular flexibility index (Phi) is 5.56. The van der Waals surface area contributed by atoms with Crippen LogP contribution in [0.25, 0.3) is 0 Å². The third kappa shape index (κ3) is 3.65. The topological polar surface area (TPSA) is 26.2 Å². The first-order valence-corrected chi connectivity index (χ1v) is 5.98. The number of nitrogens with one attached hydrogen (secondary N) is 1. The highest BCUT2D eigenvalue weighted by Gasteiger charge is 2.04. The number of aromatic nitrogens is 1. The molecule has 1 rings (SSSR count). The van der Waals surface area contributed by atoms with E-state index in [1.165, 1.54) is 23.4 Å². The summed E-state index contributed by atoms with van der Waals surface area (Å²) >= 11 is 0. The molecule has 0 aliphatic rings. The van der Waals surface area contributed by atoms with E-state index in [-0.39, 0.29) is 0 Å². The molecule has 0 aromatic carbocycles. The van der Waals surface area contributed by atoms with Crippen LogP contribution < -0.4 is 5.32 Å². The summed E-state index contributed by atoms with van der Waals surface area (Å²) in [6.07, 6.45) is 2.31. The van der Waals surface area contributed by atoms with Gasteiger partial charge in [-0.25, -0.2) is 0 Å². The Morgan fingerprint density at radius 3 is 2.62 bits per heavy atom. The van der Waals surface area contributed by atoms with Crippen molar-refractivity contribution in [2.45, 2.75) is 33.2 Å². The van der Waals surface area contributed by atoms with Crippen molar-refractivity contribution < 1.29 is 4.74 Å². The zero-order chi connectivity index (χ0) is 12.0. The van der Waals surface area contributed by atoms with Gasteiger partial charge in [0.2, 0.25) is 0 Å². The molecule has 0 unspecified atom stereocenters. The lowest BCUT2D eigenvalue weighted by Crippen LogP contribution is -2.15. The number of ether oxygens (including phenoxy) is 1. The molecule has 0 atom stereocenters. The number of methoxy groups -OCH3 is 1. The van der Waals surface area contributed by atoms with Crippen LogP contribution >= 0.6 is 0 Å². The van der Waals surface area contributed by atoms with E-state index in [4.69, 9.17) is 4.74 Å². The van der Waals surface area contributed by atoms with Crippen LogP contribution in [-0.2, 0) is 18.3 Å². The molecule has 0 amide bonds. The molecule has 3 heteroatoms. The van der Waals surface area contributed by atoms with Crippen molar-refractivity contribution in [1.29, 1.82) is 0 Å². The first-order valence-electron chi connectivity index (χ1n) is 5.98. The molecular weight excluding hydrogens is 200 g/mol. The number of rotatable bonds is 7. The third-order valence-electron chi connectivity index (χ3n) is 3.15. The standard InChI is InChI=1S/C13H24N2O/c1-11-9-13(12(2)15(11)3)10-14-7-5-6-8-16-4/h9,14H,5-8,10H2,1-4H3. The molecule has 0 radical (unpaired) electrons. The van der Waals surface area contributed by atoms with Crippen LogP contribution in [0.15, 0.2) is 6.07 Å². The Hall–Kier alpha value is -0.800. The van der Waals surface area contributed by atoms with Gasteiger partial charge in [0.1, 0.15) is 0 Å². The molecule has 1 aromatic heterocycles. The fraction of sp³-hybridized carbons (Fsp3) is 0.692. The highest BCUT2D eigenvalue weighted by Crippen LogP contribution is 2.12. The second-order valence-electron chi connectivity index (χ2n) is 4.33. The van der Waals surface area contributed by atoms with Crippen LogP contribution in [0.1, 0.15) is 29.8 Å². The monoisotopic (exact) mass is 224 g/mol. The van der Waals surface area contributed by atoms with Gasteiger partial charge in [-0.2, -0.15) is 0 Å². The first kappa shape index (κ1) is 13.3. The SMILES string of the molecule is COCCCCNCc1cc(C)n(C)c1C. The Balaban J connectivity index is 2.24. The predicted octanol–water partition coefficient (Wildman–Crippen LogP) is 2.16. The molecule has 0 saturated heterocycles. The van der Waals surface area contributed by atoms with E-state index in [0.717, 1.165) is 26.1 Å². The molecule has 1 N–H and O–H groups in total. The minimum absolute atomic E-state index is 0.866. The summed E-state index contributed by atoms with van der Waals surface area (Å²) in [4.78, 5) is 0. The Morgan fingerprint density at radius 2 is 2.06 bits per heavy atom. The molecule has 0 fully saturated rings. The molecule has 0 aliphatic heterocycles. The van der Waals surface area contributed by atoms with Gasteiger partial charge in [0.05, 0.1) is 0 Å². The fourth-order valence-corrected chi connectivity index (χ4v) is 1.83. The molecule has 0 bridgehead atoms. The van der Waals surface area contributed by atoms with Crippen LogP contribution in [0.4, 0.5) is 0 Å². The van der Waals surface area contributed by atoms with Crippen LogP contribution in [0.3, 0.4) is 0 Å². The Labute approximate surface area is 98.8 Å². The van der Waals surface area contributed by atoms with Gasteiger partial charge in [0.15, 0.2) is 0 Å². The summed E-state index contributed by atoms with van der Waals surface area (Å²) in [5.41, 5.74) is 4.10. The normalized spacial score (nSPS) is 11.0. The highest BCUT2D eigenvalue weighted by atomic mass is 16.5. The number of hydrogen-bond donors (Lipinski definition) is 1. The maximum atomic E-state index is 5.01. The zero-order valence-corrected chi connectivity index (χ0v) is 11.0. The largest absolute Gasteiger partial charge is 0.385 e. The van der Waals surface area contributed by atoms with E-state index in [2.05, 4.69) is 36.8 Å². The van der Waals surface area contributed by atoms with Gasteiger partial charge in [-0.1, -0.05) is 0 Å². The smallest absolute Gasteiger partial charge is 0.0462 e. The number of hydrogen-bond acceptors (Lipinski definition) is 2. The quantitative estimate of drug-likeness (QED) is 0.718. The Morgan fingerprint density at radius 1 is 1.31 bits per heavy atom. The van der Waals surface area contributed by atoms with Crippen LogP contribution in [0.2, 0.25) is 0 Å². The van der Waals surface area contributed by atoms with Gasteiger partial charge in [0, 0.05) is 38.7 Å². The molecular formula is C13H24N2O. The lowest BCUT2D eigenvalue weighted by molar-refractivity contribution is 0.192. The molecule has 92 valence electrons. The second kappa shape index (κ2) is 6.71. The zero-order valence-electron chi connectivity index (χ0n) is 11.0. The van der Waals surface area contributed by atoms with Gasteiger partial charge in [-0.05, 0) is 44.9 Å². The second-order valence-corrected chi connectivity index (χ2v) is 4.33. The van der Waals surface area contributed by atoms with Gasteiger partial charge >= 0.3 is 0 Å². The molecule has 0 spiro atoms. The first-order chi connectivity index (χ1) is 7.66. The lowest BCUT2D eigenvalue weighted by Gasteiger charge is -2.05. The number of aryl methyl sites for hydroxylation is 1. The third-order valence-corrected chi connectivity index (χ3v) is 3.15. The van der Waals surface area contributed by atoms with Crippen LogP contribution in [0.5, 0.6) is 0 Å².